The fourth-order valence-corrected chi connectivity index (χ4v) is 2.29. The number of unbranched alkanes of at least 4 members (excludes halogenated alkanes) is 3. The molecule has 3 heteroatoms. The fraction of sp³-hybridized carbons (Fsp3) is 0.667. The van der Waals surface area contributed by atoms with Crippen molar-refractivity contribution in [2.75, 3.05) is 24.2 Å². The molecule has 0 bridgehead atoms. The SMILES string of the molecule is CCCOc1cccc(NCCCCCCC(C)C)c1N. The first-order valence-corrected chi connectivity index (χ1v) is 8.40. The van der Waals surface area contributed by atoms with Gasteiger partial charge in [-0.2, -0.15) is 0 Å². The minimum atomic E-state index is 0.712. The molecule has 0 saturated carbocycles. The Morgan fingerprint density at radius 3 is 2.62 bits per heavy atom. The van der Waals surface area contributed by atoms with Crippen molar-refractivity contribution in [1.82, 2.24) is 0 Å². The van der Waals surface area contributed by atoms with Crippen molar-refractivity contribution in [3.8, 4) is 5.75 Å². The normalized spacial score (nSPS) is 10.9. The molecule has 0 unspecified atom stereocenters. The zero-order valence-corrected chi connectivity index (χ0v) is 14.0. The quantitative estimate of drug-likeness (QED) is 0.442. The molecule has 0 heterocycles. The summed E-state index contributed by atoms with van der Waals surface area (Å²) in [5.74, 6) is 1.62. The Balaban J connectivity index is 2.25. The van der Waals surface area contributed by atoms with Gasteiger partial charge in [0.15, 0.2) is 0 Å². The van der Waals surface area contributed by atoms with Crippen LogP contribution in [0.1, 0.15) is 59.3 Å². The van der Waals surface area contributed by atoms with Crippen LogP contribution in [-0.4, -0.2) is 13.2 Å². The average molecular weight is 292 g/mol. The Kier molecular flexibility index (Phi) is 8.72. The van der Waals surface area contributed by atoms with E-state index >= 15 is 0 Å². The third-order valence-corrected chi connectivity index (χ3v) is 3.55. The van der Waals surface area contributed by atoms with Gasteiger partial charge in [0.05, 0.1) is 18.0 Å². The minimum Gasteiger partial charge on any atom is -0.491 e. The second-order valence-corrected chi connectivity index (χ2v) is 6.09. The smallest absolute Gasteiger partial charge is 0.144 e. The van der Waals surface area contributed by atoms with Crippen molar-refractivity contribution < 1.29 is 4.74 Å². The van der Waals surface area contributed by atoms with Crippen LogP contribution in [0.2, 0.25) is 0 Å². The first-order valence-electron chi connectivity index (χ1n) is 8.40. The minimum absolute atomic E-state index is 0.712. The summed E-state index contributed by atoms with van der Waals surface area (Å²) in [5.41, 5.74) is 7.85. The van der Waals surface area contributed by atoms with Crippen molar-refractivity contribution >= 4 is 11.4 Å². The molecule has 0 fully saturated rings. The molecule has 120 valence electrons. The van der Waals surface area contributed by atoms with E-state index in [1.54, 1.807) is 0 Å². The van der Waals surface area contributed by atoms with Gasteiger partial charge in [-0.3, -0.25) is 0 Å². The van der Waals surface area contributed by atoms with Gasteiger partial charge in [-0.1, -0.05) is 52.5 Å². The van der Waals surface area contributed by atoms with Crippen molar-refractivity contribution in [1.29, 1.82) is 0 Å². The van der Waals surface area contributed by atoms with Crippen LogP contribution >= 0.6 is 0 Å². The van der Waals surface area contributed by atoms with E-state index in [0.29, 0.717) is 6.61 Å². The van der Waals surface area contributed by atoms with Gasteiger partial charge in [-0.15, -0.1) is 0 Å². The van der Waals surface area contributed by atoms with Crippen LogP contribution in [0.3, 0.4) is 0 Å². The lowest BCUT2D eigenvalue weighted by Gasteiger charge is -2.13. The molecule has 0 radical (unpaired) electrons. The van der Waals surface area contributed by atoms with Crippen LogP contribution in [0, 0.1) is 5.92 Å². The van der Waals surface area contributed by atoms with Gasteiger partial charge in [-0.05, 0) is 30.9 Å². The van der Waals surface area contributed by atoms with Gasteiger partial charge < -0.3 is 15.8 Å². The summed E-state index contributed by atoms with van der Waals surface area (Å²) >= 11 is 0. The molecule has 0 atom stereocenters. The van der Waals surface area contributed by atoms with E-state index in [-0.39, 0.29) is 0 Å². The van der Waals surface area contributed by atoms with Gasteiger partial charge in [-0.25, -0.2) is 0 Å². The maximum absolute atomic E-state index is 6.13. The van der Waals surface area contributed by atoms with Gasteiger partial charge in [0.2, 0.25) is 0 Å². The van der Waals surface area contributed by atoms with Crippen molar-refractivity contribution in [3.05, 3.63) is 18.2 Å². The predicted molar refractivity (Wildman–Crippen MR) is 93.1 cm³/mol. The number of nitrogens with two attached hydrogens (primary N) is 1. The van der Waals surface area contributed by atoms with E-state index in [1.165, 1.54) is 32.1 Å². The molecule has 0 aliphatic heterocycles. The molecule has 21 heavy (non-hydrogen) atoms. The second-order valence-electron chi connectivity index (χ2n) is 6.09. The predicted octanol–water partition coefficient (Wildman–Crippen LogP) is 5.08. The highest BCUT2D eigenvalue weighted by molar-refractivity contribution is 5.72. The Hall–Kier alpha value is -1.38. The number of anilines is 2. The van der Waals surface area contributed by atoms with E-state index in [0.717, 1.165) is 36.0 Å². The summed E-state index contributed by atoms with van der Waals surface area (Å²) < 4.78 is 5.64. The third-order valence-electron chi connectivity index (χ3n) is 3.55. The second kappa shape index (κ2) is 10.4. The summed E-state index contributed by atoms with van der Waals surface area (Å²) in [6.07, 6.45) is 7.49. The lowest BCUT2D eigenvalue weighted by Crippen LogP contribution is -2.06. The standard InChI is InChI=1S/C18H32N2O/c1-4-14-21-17-12-9-11-16(18(17)19)20-13-8-6-5-7-10-15(2)3/h9,11-12,15,20H,4-8,10,13-14,19H2,1-3H3. The molecule has 0 saturated heterocycles. The largest absolute Gasteiger partial charge is 0.491 e. The number of nitrogens with one attached hydrogen (secondary N) is 1. The Morgan fingerprint density at radius 1 is 1.14 bits per heavy atom. The summed E-state index contributed by atoms with van der Waals surface area (Å²) in [6.45, 7) is 8.36. The van der Waals surface area contributed by atoms with Crippen LogP contribution in [-0.2, 0) is 0 Å². The summed E-state index contributed by atoms with van der Waals surface area (Å²) in [6, 6.07) is 5.95. The Morgan fingerprint density at radius 2 is 1.90 bits per heavy atom. The van der Waals surface area contributed by atoms with Crippen LogP contribution in [0.5, 0.6) is 5.75 Å². The number of rotatable bonds is 11. The van der Waals surface area contributed by atoms with Crippen LogP contribution in [0.4, 0.5) is 11.4 Å². The van der Waals surface area contributed by atoms with Crippen LogP contribution in [0.25, 0.3) is 0 Å². The first-order chi connectivity index (χ1) is 10.1. The molecule has 1 aromatic carbocycles. The maximum Gasteiger partial charge on any atom is 0.144 e. The van der Waals surface area contributed by atoms with Gasteiger partial charge in [0, 0.05) is 6.54 Å². The molecule has 0 amide bonds. The van der Waals surface area contributed by atoms with E-state index in [4.69, 9.17) is 10.5 Å². The molecule has 0 aliphatic carbocycles. The van der Waals surface area contributed by atoms with E-state index < -0.39 is 0 Å². The lowest BCUT2D eigenvalue weighted by molar-refractivity contribution is 0.319. The molecular formula is C18H32N2O. The van der Waals surface area contributed by atoms with Gasteiger partial charge >= 0.3 is 0 Å². The zero-order chi connectivity index (χ0) is 15.5. The number of para-hydroxylation sites is 1. The number of ether oxygens (including phenoxy) is 1. The first kappa shape index (κ1) is 17.7. The van der Waals surface area contributed by atoms with Crippen molar-refractivity contribution in [2.24, 2.45) is 5.92 Å². The topological polar surface area (TPSA) is 47.3 Å². The third kappa shape index (κ3) is 7.26. The fourth-order valence-electron chi connectivity index (χ4n) is 2.29. The molecule has 0 aliphatic rings. The maximum atomic E-state index is 6.13. The van der Waals surface area contributed by atoms with Gasteiger partial charge in [0.1, 0.15) is 5.75 Å². The van der Waals surface area contributed by atoms with Gasteiger partial charge in [0.25, 0.3) is 0 Å². The number of hydrogen-bond acceptors (Lipinski definition) is 3. The highest BCUT2D eigenvalue weighted by atomic mass is 16.5. The zero-order valence-electron chi connectivity index (χ0n) is 14.0. The molecular weight excluding hydrogens is 260 g/mol. The number of nitrogen functional groups attached to an aromatic ring is 1. The molecule has 0 spiro atoms. The Bertz CT molecular complexity index is 391. The van der Waals surface area contributed by atoms with Crippen LogP contribution in [0.15, 0.2) is 18.2 Å². The summed E-state index contributed by atoms with van der Waals surface area (Å²) in [7, 11) is 0. The monoisotopic (exact) mass is 292 g/mol. The van der Waals surface area contributed by atoms with E-state index in [9.17, 15) is 0 Å². The van der Waals surface area contributed by atoms with Crippen LogP contribution < -0.4 is 15.8 Å². The average Bonchev–Trinajstić information content (AvgIpc) is 2.46. The molecule has 1 rings (SSSR count). The number of benzene rings is 1. The molecule has 1 aromatic rings. The Labute approximate surface area is 130 Å². The number of hydrogen-bond donors (Lipinski definition) is 2. The van der Waals surface area contributed by atoms with E-state index in [1.807, 2.05) is 18.2 Å². The van der Waals surface area contributed by atoms with Crippen molar-refractivity contribution in [3.63, 3.8) is 0 Å². The highest BCUT2D eigenvalue weighted by Crippen LogP contribution is 2.29. The molecule has 3 N–H and O–H groups in total. The van der Waals surface area contributed by atoms with Crippen molar-refractivity contribution in [2.45, 2.75) is 59.3 Å². The summed E-state index contributed by atoms with van der Waals surface area (Å²) in [5, 5.41) is 3.42. The molecule has 3 nitrogen and oxygen atoms in total. The summed E-state index contributed by atoms with van der Waals surface area (Å²) in [4.78, 5) is 0. The molecule has 0 aromatic heterocycles. The van der Waals surface area contributed by atoms with E-state index in [2.05, 4.69) is 26.1 Å². The highest BCUT2D eigenvalue weighted by Gasteiger charge is 2.05. The lowest BCUT2D eigenvalue weighted by atomic mass is 10.0.